The van der Waals surface area contributed by atoms with Gasteiger partial charge in [0.2, 0.25) is 0 Å². The summed E-state index contributed by atoms with van der Waals surface area (Å²) >= 11 is 0. The van der Waals surface area contributed by atoms with E-state index in [2.05, 4.69) is 5.32 Å². The Balaban J connectivity index is 2.26. The first-order valence-corrected chi connectivity index (χ1v) is 6.17. The monoisotopic (exact) mass is 233 g/mol. The molecule has 0 aromatic heterocycles. The summed E-state index contributed by atoms with van der Waals surface area (Å²) in [5.41, 5.74) is 1.65. The van der Waals surface area contributed by atoms with Crippen molar-refractivity contribution in [3.8, 4) is 0 Å². The van der Waals surface area contributed by atoms with Crippen LogP contribution in [0.4, 0.5) is 0 Å². The van der Waals surface area contributed by atoms with Gasteiger partial charge in [-0.05, 0) is 44.4 Å². The van der Waals surface area contributed by atoms with E-state index in [0.717, 1.165) is 18.4 Å². The molecule has 0 spiro atoms. The zero-order valence-electron chi connectivity index (χ0n) is 10.4. The highest BCUT2D eigenvalue weighted by molar-refractivity contribution is 5.94. The number of carbonyl (C=O) groups is 1. The van der Waals surface area contributed by atoms with Gasteiger partial charge in [-0.2, -0.15) is 0 Å². The van der Waals surface area contributed by atoms with Crippen LogP contribution in [0.3, 0.4) is 0 Å². The molecule has 1 atom stereocenters. The highest BCUT2D eigenvalue weighted by Crippen LogP contribution is 2.50. The van der Waals surface area contributed by atoms with Crippen LogP contribution < -0.4 is 5.32 Å². The molecule has 1 aromatic rings. The van der Waals surface area contributed by atoms with Gasteiger partial charge in [0.05, 0.1) is 6.10 Å². The molecule has 92 valence electrons. The summed E-state index contributed by atoms with van der Waals surface area (Å²) in [7, 11) is 0. The van der Waals surface area contributed by atoms with Crippen molar-refractivity contribution >= 4 is 5.91 Å². The molecule has 0 heterocycles. The van der Waals surface area contributed by atoms with Gasteiger partial charge in [-0.1, -0.05) is 12.1 Å². The third-order valence-corrected chi connectivity index (χ3v) is 3.63. The molecule has 3 nitrogen and oxygen atoms in total. The molecular formula is C14H19NO2. The molecule has 0 bridgehead atoms. The molecule has 1 aliphatic carbocycles. The fourth-order valence-electron chi connectivity index (χ4n) is 2.32. The number of hydrogen-bond acceptors (Lipinski definition) is 2. The van der Waals surface area contributed by atoms with Crippen molar-refractivity contribution in [2.45, 2.75) is 38.2 Å². The molecule has 17 heavy (non-hydrogen) atoms. The van der Waals surface area contributed by atoms with Crippen LogP contribution in [0.2, 0.25) is 0 Å². The molecule has 0 aliphatic heterocycles. The van der Waals surface area contributed by atoms with Gasteiger partial charge in [0.1, 0.15) is 0 Å². The first kappa shape index (κ1) is 12.1. The van der Waals surface area contributed by atoms with Crippen LogP contribution in [0, 0.1) is 0 Å². The second-order valence-electron chi connectivity index (χ2n) is 4.77. The minimum absolute atomic E-state index is 0.0456. The van der Waals surface area contributed by atoms with Crippen LogP contribution in [0.1, 0.15) is 42.6 Å². The van der Waals surface area contributed by atoms with Crippen molar-refractivity contribution in [2.75, 3.05) is 6.54 Å². The lowest BCUT2D eigenvalue weighted by atomic mass is 9.90. The lowest BCUT2D eigenvalue weighted by Gasteiger charge is -2.19. The Bertz CT molecular complexity index is 422. The molecule has 1 unspecified atom stereocenters. The van der Waals surface area contributed by atoms with Gasteiger partial charge in [-0.3, -0.25) is 4.79 Å². The lowest BCUT2D eigenvalue weighted by molar-refractivity contribution is 0.0955. The average molecular weight is 233 g/mol. The highest BCUT2D eigenvalue weighted by Gasteiger charge is 2.48. The Morgan fingerprint density at radius 1 is 1.53 bits per heavy atom. The Labute approximate surface area is 102 Å². The van der Waals surface area contributed by atoms with E-state index in [1.54, 1.807) is 0 Å². The number of carbonyl (C=O) groups excluding carboxylic acids is 1. The van der Waals surface area contributed by atoms with Crippen LogP contribution in [0.5, 0.6) is 0 Å². The van der Waals surface area contributed by atoms with Crippen molar-refractivity contribution in [1.29, 1.82) is 0 Å². The van der Waals surface area contributed by atoms with Crippen molar-refractivity contribution < 1.29 is 9.90 Å². The van der Waals surface area contributed by atoms with E-state index < -0.39 is 0 Å². The standard InChI is InChI=1S/C14H19NO2/c1-3-15-13(17)11-5-4-6-12(9-11)14(7-8-14)10(2)16/h4-6,9-10,16H,3,7-8H2,1-2H3,(H,15,17). The first-order valence-electron chi connectivity index (χ1n) is 6.17. The summed E-state index contributed by atoms with van der Waals surface area (Å²) in [6.07, 6.45) is 1.65. The van der Waals surface area contributed by atoms with Crippen LogP contribution in [-0.2, 0) is 5.41 Å². The maximum absolute atomic E-state index is 11.7. The fourth-order valence-corrected chi connectivity index (χ4v) is 2.32. The summed E-state index contributed by atoms with van der Waals surface area (Å²) in [6, 6.07) is 7.61. The first-order chi connectivity index (χ1) is 8.10. The van der Waals surface area contributed by atoms with Crippen molar-refractivity contribution in [3.05, 3.63) is 35.4 Å². The van der Waals surface area contributed by atoms with Gasteiger partial charge in [0.25, 0.3) is 5.91 Å². The zero-order valence-corrected chi connectivity index (χ0v) is 10.4. The summed E-state index contributed by atoms with van der Waals surface area (Å²) in [6.45, 7) is 4.36. The SMILES string of the molecule is CCNC(=O)c1cccc(C2(C(C)O)CC2)c1. The van der Waals surface area contributed by atoms with Gasteiger partial charge >= 0.3 is 0 Å². The Morgan fingerprint density at radius 2 is 2.24 bits per heavy atom. The number of amides is 1. The second kappa shape index (κ2) is 4.49. The number of benzene rings is 1. The second-order valence-corrected chi connectivity index (χ2v) is 4.77. The zero-order chi connectivity index (χ0) is 12.5. The molecule has 0 saturated heterocycles. The normalized spacial score (nSPS) is 18.5. The minimum atomic E-state index is -0.355. The summed E-state index contributed by atoms with van der Waals surface area (Å²) in [5, 5.41) is 12.6. The smallest absolute Gasteiger partial charge is 0.251 e. The van der Waals surface area contributed by atoms with E-state index in [1.165, 1.54) is 0 Å². The quantitative estimate of drug-likeness (QED) is 0.833. The number of hydrogen-bond donors (Lipinski definition) is 2. The topological polar surface area (TPSA) is 49.3 Å². The van der Waals surface area contributed by atoms with Crippen LogP contribution in [0.25, 0.3) is 0 Å². The molecule has 1 amide bonds. The van der Waals surface area contributed by atoms with Crippen molar-refractivity contribution in [3.63, 3.8) is 0 Å². The number of rotatable bonds is 4. The molecule has 1 saturated carbocycles. The van der Waals surface area contributed by atoms with Crippen LogP contribution in [0.15, 0.2) is 24.3 Å². The molecule has 3 heteroatoms. The molecule has 1 aromatic carbocycles. The molecule has 1 aliphatic rings. The third-order valence-electron chi connectivity index (χ3n) is 3.63. The molecule has 2 rings (SSSR count). The average Bonchev–Trinajstić information content (AvgIpc) is 3.11. The van der Waals surface area contributed by atoms with Gasteiger partial charge in [0.15, 0.2) is 0 Å². The Morgan fingerprint density at radius 3 is 2.76 bits per heavy atom. The van der Waals surface area contributed by atoms with E-state index in [1.807, 2.05) is 38.1 Å². The number of aliphatic hydroxyl groups is 1. The maximum atomic E-state index is 11.7. The molecule has 0 radical (unpaired) electrons. The van der Waals surface area contributed by atoms with E-state index in [4.69, 9.17) is 0 Å². The Hall–Kier alpha value is -1.35. The van der Waals surface area contributed by atoms with Gasteiger partial charge in [-0.15, -0.1) is 0 Å². The van der Waals surface area contributed by atoms with E-state index in [9.17, 15) is 9.90 Å². The number of nitrogens with one attached hydrogen (secondary N) is 1. The predicted molar refractivity (Wildman–Crippen MR) is 67.0 cm³/mol. The summed E-state index contributed by atoms with van der Waals surface area (Å²) in [4.78, 5) is 11.7. The van der Waals surface area contributed by atoms with Gasteiger partial charge in [-0.25, -0.2) is 0 Å². The molecular weight excluding hydrogens is 214 g/mol. The fraction of sp³-hybridized carbons (Fsp3) is 0.500. The van der Waals surface area contributed by atoms with Gasteiger partial charge < -0.3 is 10.4 Å². The minimum Gasteiger partial charge on any atom is -0.392 e. The van der Waals surface area contributed by atoms with Gasteiger partial charge in [0, 0.05) is 17.5 Å². The largest absolute Gasteiger partial charge is 0.392 e. The molecule has 1 fully saturated rings. The Kier molecular flexibility index (Phi) is 3.20. The molecule has 2 N–H and O–H groups in total. The highest BCUT2D eigenvalue weighted by atomic mass is 16.3. The van der Waals surface area contributed by atoms with Crippen molar-refractivity contribution in [2.24, 2.45) is 0 Å². The van der Waals surface area contributed by atoms with Crippen molar-refractivity contribution in [1.82, 2.24) is 5.32 Å². The summed E-state index contributed by atoms with van der Waals surface area (Å²) in [5.74, 6) is -0.0456. The van der Waals surface area contributed by atoms with Crippen LogP contribution >= 0.6 is 0 Å². The predicted octanol–water partition coefficient (Wildman–Crippen LogP) is 1.85. The van der Waals surface area contributed by atoms with Crippen LogP contribution in [-0.4, -0.2) is 23.7 Å². The van der Waals surface area contributed by atoms with E-state index in [0.29, 0.717) is 12.1 Å². The maximum Gasteiger partial charge on any atom is 0.251 e. The van der Waals surface area contributed by atoms with E-state index >= 15 is 0 Å². The lowest BCUT2D eigenvalue weighted by Crippen LogP contribution is -2.25. The van der Waals surface area contributed by atoms with E-state index in [-0.39, 0.29) is 17.4 Å². The third kappa shape index (κ3) is 2.20. The number of aliphatic hydroxyl groups excluding tert-OH is 1. The summed E-state index contributed by atoms with van der Waals surface area (Å²) < 4.78 is 0.